The Balaban J connectivity index is 1.58. The van der Waals surface area contributed by atoms with E-state index in [9.17, 15) is 10.1 Å². The van der Waals surface area contributed by atoms with Gasteiger partial charge in [-0.1, -0.05) is 71.5 Å². The van der Waals surface area contributed by atoms with Crippen molar-refractivity contribution in [2.75, 3.05) is 0 Å². The third-order valence-electron chi connectivity index (χ3n) is 4.75. The highest BCUT2D eigenvalue weighted by atomic mass is 35.5. The van der Waals surface area contributed by atoms with Gasteiger partial charge in [0.25, 0.3) is 0 Å². The third kappa shape index (κ3) is 5.01. The van der Waals surface area contributed by atoms with E-state index < -0.39 is 0 Å². The van der Waals surface area contributed by atoms with Gasteiger partial charge in [0.2, 0.25) is 0 Å². The average Bonchev–Trinajstić information content (AvgIpc) is 3.18. The highest BCUT2D eigenvalue weighted by Gasteiger charge is 2.14. The zero-order valence-electron chi connectivity index (χ0n) is 15.6. The molecule has 6 heteroatoms. The molecule has 1 aromatic heterocycles. The smallest absolute Gasteiger partial charge is 0.290 e. The summed E-state index contributed by atoms with van der Waals surface area (Å²) in [4.78, 5) is 14.0. The van der Waals surface area contributed by atoms with E-state index in [0.29, 0.717) is 11.6 Å². The first-order valence-electron chi connectivity index (χ1n) is 9.24. The van der Waals surface area contributed by atoms with Crippen LogP contribution in [0.1, 0.15) is 16.0 Å². The van der Waals surface area contributed by atoms with E-state index in [-0.39, 0.29) is 9.92 Å². The number of fused-ring (bicyclic) bond motifs is 1. The van der Waals surface area contributed by atoms with Crippen LogP contribution in [0.5, 0.6) is 0 Å². The molecule has 0 bridgehead atoms. The first-order valence-corrected chi connectivity index (χ1v) is 10.4. The van der Waals surface area contributed by atoms with Gasteiger partial charge in [0, 0.05) is 35.6 Å². The lowest BCUT2D eigenvalue weighted by molar-refractivity contribution is -0.380. The Morgan fingerprint density at radius 2 is 1.52 bits per heavy atom. The van der Waals surface area contributed by atoms with Crippen LogP contribution in [0.4, 0.5) is 5.00 Å². The largest absolute Gasteiger partial charge is 0.324 e. The molecule has 4 nitrogen and oxygen atoms in total. The lowest BCUT2D eigenvalue weighted by Gasteiger charge is -2.22. The number of nitrogens with zero attached hydrogens (tertiary/aromatic N) is 2. The van der Waals surface area contributed by atoms with Gasteiger partial charge >= 0.3 is 5.00 Å². The van der Waals surface area contributed by atoms with Gasteiger partial charge in [-0.2, -0.15) is 0 Å². The molecule has 0 unspecified atom stereocenters. The minimum atomic E-state index is -0.332. The predicted octanol–water partition coefficient (Wildman–Crippen LogP) is 6.67. The number of rotatable bonds is 7. The summed E-state index contributed by atoms with van der Waals surface area (Å²) in [5, 5.41) is 14.3. The number of thiophene rings is 1. The van der Waals surface area contributed by atoms with E-state index in [0.717, 1.165) is 23.5 Å². The van der Waals surface area contributed by atoms with E-state index in [1.165, 1.54) is 27.7 Å². The van der Waals surface area contributed by atoms with Crippen LogP contribution in [0.2, 0.25) is 5.02 Å². The number of hydrogen-bond acceptors (Lipinski definition) is 4. The van der Waals surface area contributed by atoms with Crippen molar-refractivity contribution in [1.29, 1.82) is 0 Å². The quantitative estimate of drug-likeness (QED) is 0.247. The Kier molecular flexibility index (Phi) is 5.90. The van der Waals surface area contributed by atoms with Crippen molar-refractivity contribution in [3.8, 4) is 0 Å². The summed E-state index contributed by atoms with van der Waals surface area (Å²) in [5.41, 5.74) is 2.37. The molecule has 0 amide bonds. The van der Waals surface area contributed by atoms with Gasteiger partial charge in [-0.15, -0.1) is 0 Å². The molecule has 0 spiro atoms. The molecule has 0 aliphatic rings. The molecule has 0 aliphatic heterocycles. The average molecular weight is 423 g/mol. The molecule has 1 heterocycles. The number of nitro groups is 1. The van der Waals surface area contributed by atoms with Crippen molar-refractivity contribution < 1.29 is 4.92 Å². The Bertz CT molecular complexity index is 1140. The molecule has 0 aliphatic carbocycles. The highest BCUT2D eigenvalue weighted by Crippen LogP contribution is 2.27. The van der Waals surface area contributed by atoms with E-state index in [1.807, 2.05) is 42.5 Å². The first-order chi connectivity index (χ1) is 14.1. The van der Waals surface area contributed by atoms with Crippen molar-refractivity contribution in [3.63, 3.8) is 0 Å². The molecular weight excluding hydrogens is 404 g/mol. The maximum atomic E-state index is 11.0. The number of halogens is 1. The topological polar surface area (TPSA) is 46.4 Å². The molecule has 0 saturated heterocycles. The summed E-state index contributed by atoms with van der Waals surface area (Å²) in [6.07, 6.45) is 0. The summed E-state index contributed by atoms with van der Waals surface area (Å²) in [6, 6.07) is 26.0. The summed E-state index contributed by atoms with van der Waals surface area (Å²) in [6.45, 7) is 2.13. The van der Waals surface area contributed by atoms with E-state index in [1.54, 1.807) is 6.07 Å². The molecular formula is C23H19ClN2O2S. The van der Waals surface area contributed by atoms with Gasteiger partial charge in [0.1, 0.15) is 0 Å². The molecule has 0 saturated carbocycles. The number of benzene rings is 3. The maximum Gasteiger partial charge on any atom is 0.324 e. The SMILES string of the molecule is O=[N+]([O-])c1ccc(CN(Cc2ccc(Cl)cc2)Cc2ccc3ccccc3c2)s1. The minimum absolute atomic E-state index is 0.178. The van der Waals surface area contributed by atoms with Crippen LogP contribution < -0.4 is 0 Å². The van der Waals surface area contributed by atoms with Crippen molar-refractivity contribution >= 4 is 38.7 Å². The van der Waals surface area contributed by atoms with Crippen LogP contribution in [-0.2, 0) is 19.6 Å². The fraction of sp³-hybridized carbons (Fsp3) is 0.130. The monoisotopic (exact) mass is 422 g/mol. The van der Waals surface area contributed by atoms with Gasteiger partial charge in [-0.25, -0.2) is 0 Å². The van der Waals surface area contributed by atoms with Gasteiger partial charge in [-0.3, -0.25) is 15.0 Å². The fourth-order valence-corrected chi connectivity index (χ4v) is 4.37. The van der Waals surface area contributed by atoms with Crippen molar-refractivity contribution in [3.05, 3.63) is 110 Å². The van der Waals surface area contributed by atoms with Crippen LogP contribution in [0.25, 0.3) is 10.8 Å². The molecule has 0 fully saturated rings. The van der Waals surface area contributed by atoms with Crippen LogP contribution in [0.3, 0.4) is 0 Å². The second-order valence-corrected chi connectivity index (χ2v) is 8.53. The van der Waals surface area contributed by atoms with Crippen molar-refractivity contribution in [2.45, 2.75) is 19.6 Å². The van der Waals surface area contributed by atoms with E-state index in [4.69, 9.17) is 11.6 Å². The Hall–Kier alpha value is -2.73. The van der Waals surface area contributed by atoms with Gasteiger partial charge in [0.05, 0.1) is 4.92 Å². The molecule has 146 valence electrons. The minimum Gasteiger partial charge on any atom is -0.290 e. The highest BCUT2D eigenvalue weighted by molar-refractivity contribution is 7.15. The van der Waals surface area contributed by atoms with E-state index >= 15 is 0 Å². The molecule has 0 N–H and O–H groups in total. The second-order valence-electron chi connectivity index (χ2n) is 6.95. The van der Waals surface area contributed by atoms with Crippen LogP contribution in [0, 0.1) is 10.1 Å². The summed E-state index contributed by atoms with van der Waals surface area (Å²) in [5.74, 6) is 0. The third-order valence-corrected chi connectivity index (χ3v) is 6.02. The van der Waals surface area contributed by atoms with Gasteiger partial charge in [0.15, 0.2) is 0 Å². The molecule has 0 atom stereocenters. The lowest BCUT2D eigenvalue weighted by atomic mass is 10.1. The zero-order valence-corrected chi connectivity index (χ0v) is 17.2. The standard InChI is InChI=1S/C23H19ClN2O2S/c24-21-9-6-17(7-10-21)14-25(16-22-11-12-23(29-22)26(27)28)15-18-5-8-19-3-1-2-4-20(19)13-18/h1-13H,14-16H2. The Morgan fingerprint density at radius 3 is 2.24 bits per heavy atom. The van der Waals surface area contributed by atoms with Crippen LogP contribution in [0.15, 0.2) is 78.9 Å². The molecule has 0 radical (unpaired) electrons. The summed E-state index contributed by atoms with van der Waals surface area (Å²) in [7, 11) is 0. The molecule has 4 aromatic rings. The lowest BCUT2D eigenvalue weighted by Crippen LogP contribution is -2.22. The van der Waals surface area contributed by atoms with E-state index in [2.05, 4.69) is 35.2 Å². The Labute approximate surface area is 178 Å². The molecule has 29 heavy (non-hydrogen) atoms. The fourth-order valence-electron chi connectivity index (χ4n) is 3.38. The van der Waals surface area contributed by atoms with Crippen molar-refractivity contribution in [2.24, 2.45) is 0 Å². The normalized spacial score (nSPS) is 11.2. The van der Waals surface area contributed by atoms with Crippen LogP contribution >= 0.6 is 22.9 Å². The van der Waals surface area contributed by atoms with Crippen LogP contribution in [-0.4, -0.2) is 9.82 Å². The predicted molar refractivity (Wildman–Crippen MR) is 119 cm³/mol. The Morgan fingerprint density at radius 1 is 0.828 bits per heavy atom. The van der Waals surface area contributed by atoms with Crippen molar-refractivity contribution in [1.82, 2.24) is 4.90 Å². The second kappa shape index (κ2) is 8.74. The maximum absolute atomic E-state index is 11.0. The molecule has 4 rings (SSSR count). The number of hydrogen-bond donors (Lipinski definition) is 0. The first kappa shape index (κ1) is 19.6. The van der Waals surface area contributed by atoms with Gasteiger partial charge < -0.3 is 0 Å². The molecule has 3 aromatic carbocycles. The summed E-state index contributed by atoms with van der Waals surface area (Å²) >= 11 is 7.25. The zero-order chi connectivity index (χ0) is 20.2. The summed E-state index contributed by atoms with van der Waals surface area (Å²) < 4.78 is 0. The van der Waals surface area contributed by atoms with Gasteiger partial charge in [-0.05, 0) is 46.2 Å².